The van der Waals surface area contributed by atoms with E-state index in [1.165, 1.54) is 11.8 Å². The van der Waals surface area contributed by atoms with Crippen LogP contribution in [-0.2, 0) is 20.9 Å². The van der Waals surface area contributed by atoms with Crippen molar-refractivity contribution in [2.75, 3.05) is 11.1 Å². The van der Waals surface area contributed by atoms with Crippen LogP contribution >= 0.6 is 11.8 Å². The Morgan fingerprint density at radius 2 is 2.09 bits per heavy atom. The van der Waals surface area contributed by atoms with Crippen molar-refractivity contribution < 1.29 is 18.8 Å². The number of benzene rings is 1. The molecule has 0 saturated carbocycles. The highest BCUT2D eigenvalue weighted by Gasteiger charge is 2.17. The number of aryl methyl sites for hydroxylation is 1. The lowest BCUT2D eigenvalue weighted by Gasteiger charge is -2.10. The molecule has 0 spiro atoms. The lowest BCUT2D eigenvalue weighted by atomic mass is 10.2. The number of esters is 1. The molecule has 0 fully saturated rings. The van der Waals surface area contributed by atoms with E-state index < -0.39 is 5.25 Å². The van der Waals surface area contributed by atoms with Crippen LogP contribution in [0.5, 0.6) is 0 Å². The largest absolute Gasteiger partial charge is 0.460 e. The normalized spacial score (nSPS) is 11.7. The van der Waals surface area contributed by atoms with E-state index in [0.717, 1.165) is 5.56 Å². The monoisotopic (exact) mass is 334 g/mol. The molecule has 1 aromatic heterocycles. The highest BCUT2D eigenvalue weighted by Crippen LogP contribution is 2.15. The van der Waals surface area contributed by atoms with Gasteiger partial charge in [0.1, 0.15) is 12.4 Å². The van der Waals surface area contributed by atoms with Crippen molar-refractivity contribution in [3.8, 4) is 0 Å². The minimum Gasteiger partial charge on any atom is -0.460 e. The minimum absolute atomic E-state index is 0.110. The zero-order valence-corrected chi connectivity index (χ0v) is 13.8. The van der Waals surface area contributed by atoms with Gasteiger partial charge in [-0.2, -0.15) is 0 Å². The van der Waals surface area contributed by atoms with Gasteiger partial charge in [-0.3, -0.25) is 9.59 Å². The number of anilines is 1. The zero-order chi connectivity index (χ0) is 16.7. The van der Waals surface area contributed by atoms with Crippen LogP contribution < -0.4 is 5.32 Å². The zero-order valence-electron chi connectivity index (χ0n) is 12.9. The van der Waals surface area contributed by atoms with Crippen LogP contribution in [0.3, 0.4) is 0 Å². The summed E-state index contributed by atoms with van der Waals surface area (Å²) in [7, 11) is 0. The molecule has 122 valence electrons. The fourth-order valence-electron chi connectivity index (χ4n) is 1.70. The molecule has 0 aliphatic carbocycles. The third-order valence-corrected chi connectivity index (χ3v) is 4.06. The molecular weight excluding hydrogens is 316 g/mol. The Kier molecular flexibility index (Phi) is 6.22. The van der Waals surface area contributed by atoms with Gasteiger partial charge in [0, 0.05) is 6.07 Å². The van der Waals surface area contributed by atoms with E-state index in [-0.39, 0.29) is 24.2 Å². The molecule has 0 saturated heterocycles. The van der Waals surface area contributed by atoms with Crippen LogP contribution in [0.25, 0.3) is 0 Å². The molecular formula is C16H18N2O4S. The van der Waals surface area contributed by atoms with Crippen molar-refractivity contribution in [1.82, 2.24) is 5.16 Å². The second kappa shape index (κ2) is 8.38. The summed E-state index contributed by atoms with van der Waals surface area (Å²) in [5, 5.41) is 5.91. The van der Waals surface area contributed by atoms with E-state index in [9.17, 15) is 9.59 Å². The molecule has 1 heterocycles. The van der Waals surface area contributed by atoms with Gasteiger partial charge >= 0.3 is 5.97 Å². The van der Waals surface area contributed by atoms with Crippen molar-refractivity contribution in [3.05, 3.63) is 47.7 Å². The molecule has 0 aliphatic rings. The fourth-order valence-corrected chi connectivity index (χ4v) is 2.38. The Labute approximate surface area is 138 Å². The summed E-state index contributed by atoms with van der Waals surface area (Å²) in [6, 6.07) is 11.1. The SMILES string of the molecule is Cc1cc(NC(=O)[C@H](C)SCC(=O)OCc2ccccc2)no1. The van der Waals surface area contributed by atoms with Crippen molar-refractivity contribution in [2.45, 2.75) is 25.7 Å². The lowest BCUT2D eigenvalue weighted by Crippen LogP contribution is -2.24. The quantitative estimate of drug-likeness (QED) is 0.784. The molecule has 7 heteroatoms. The molecule has 1 N–H and O–H groups in total. The maximum atomic E-state index is 11.9. The number of nitrogens with one attached hydrogen (secondary N) is 1. The first-order chi connectivity index (χ1) is 11.0. The summed E-state index contributed by atoms with van der Waals surface area (Å²) in [5.74, 6) is 0.505. The molecule has 1 aromatic carbocycles. The van der Waals surface area contributed by atoms with Crippen molar-refractivity contribution in [3.63, 3.8) is 0 Å². The summed E-state index contributed by atoms with van der Waals surface area (Å²) in [6.45, 7) is 3.69. The van der Waals surface area contributed by atoms with Gasteiger partial charge in [0.25, 0.3) is 0 Å². The van der Waals surface area contributed by atoms with Crippen LogP contribution in [0.1, 0.15) is 18.2 Å². The maximum Gasteiger partial charge on any atom is 0.316 e. The van der Waals surface area contributed by atoms with Crippen LogP contribution in [0.2, 0.25) is 0 Å². The second-order valence-electron chi connectivity index (χ2n) is 4.91. The van der Waals surface area contributed by atoms with Crippen molar-refractivity contribution in [1.29, 1.82) is 0 Å². The standard InChI is InChI=1S/C16H18N2O4S/c1-11-8-14(18-22-11)17-16(20)12(2)23-10-15(19)21-9-13-6-4-3-5-7-13/h3-8,12H,9-10H2,1-2H3,(H,17,18,20)/t12-/m0/s1. The molecule has 2 aromatic rings. The number of thioether (sulfide) groups is 1. The predicted molar refractivity (Wildman–Crippen MR) is 88.0 cm³/mol. The van der Waals surface area contributed by atoms with Crippen LogP contribution in [0.4, 0.5) is 5.82 Å². The summed E-state index contributed by atoms with van der Waals surface area (Å²) < 4.78 is 10.0. The number of hydrogen-bond donors (Lipinski definition) is 1. The van der Waals surface area contributed by atoms with Gasteiger partial charge in [-0.15, -0.1) is 11.8 Å². The number of carbonyl (C=O) groups excluding carboxylic acids is 2. The molecule has 1 amide bonds. The molecule has 6 nitrogen and oxygen atoms in total. The Morgan fingerprint density at radius 1 is 1.35 bits per heavy atom. The van der Waals surface area contributed by atoms with Gasteiger partial charge in [0.05, 0.1) is 11.0 Å². The average molecular weight is 334 g/mol. The second-order valence-corrected chi connectivity index (χ2v) is 6.24. The Bertz CT molecular complexity index is 657. The molecule has 0 bridgehead atoms. The number of aromatic nitrogens is 1. The molecule has 23 heavy (non-hydrogen) atoms. The number of rotatable bonds is 7. The van der Waals surface area contributed by atoms with Gasteiger partial charge in [0.15, 0.2) is 5.82 Å². The van der Waals surface area contributed by atoms with Crippen LogP contribution in [-0.4, -0.2) is 28.0 Å². The first-order valence-corrected chi connectivity index (χ1v) is 8.15. The van der Waals surface area contributed by atoms with E-state index in [1.54, 1.807) is 19.9 Å². The summed E-state index contributed by atoms with van der Waals surface area (Å²) in [6.07, 6.45) is 0. The van der Waals surface area contributed by atoms with Gasteiger partial charge in [-0.25, -0.2) is 0 Å². The first-order valence-electron chi connectivity index (χ1n) is 7.10. The van der Waals surface area contributed by atoms with E-state index in [0.29, 0.717) is 11.6 Å². The van der Waals surface area contributed by atoms with Crippen LogP contribution in [0.15, 0.2) is 40.9 Å². The minimum atomic E-state index is -0.406. The Morgan fingerprint density at radius 3 is 2.74 bits per heavy atom. The van der Waals surface area contributed by atoms with Gasteiger partial charge < -0.3 is 14.6 Å². The lowest BCUT2D eigenvalue weighted by molar-refractivity contribution is -0.141. The molecule has 1 atom stereocenters. The topological polar surface area (TPSA) is 81.4 Å². The van der Waals surface area contributed by atoms with Gasteiger partial charge in [-0.05, 0) is 19.4 Å². The van der Waals surface area contributed by atoms with Crippen molar-refractivity contribution in [2.24, 2.45) is 0 Å². The summed E-state index contributed by atoms with van der Waals surface area (Å²) in [4.78, 5) is 23.7. The number of carbonyl (C=O) groups is 2. The molecule has 0 unspecified atom stereocenters. The first kappa shape index (κ1) is 17.1. The van der Waals surface area contributed by atoms with Gasteiger partial charge in [0.2, 0.25) is 5.91 Å². The third kappa shape index (κ3) is 5.78. The highest BCUT2D eigenvalue weighted by molar-refractivity contribution is 8.01. The van der Waals surface area contributed by atoms with E-state index in [4.69, 9.17) is 9.26 Å². The van der Waals surface area contributed by atoms with E-state index >= 15 is 0 Å². The van der Waals surface area contributed by atoms with Gasteiger partial charge in [-0.1, -0.05) is 35.5 Å². The van der Waals surface area contributed by atoms with Crippen molar-refractivity contribution >= 4 is 29.5 Å². The summed E-state index contributed by atoms with van der Waals surface area (Å²) in [5.41, 5.74) is 0.929. The molecule has 0 radical (unpaired) electrons. The number of hydrogen-bond acceptors (Lipinski definition) is 6. The third-order valence-electron chi connectivity index (χ3n) is 2.94. The van der Waals surface area contributed by atoms with E-state index in [2.05, 4.69) is 10.5 Å². The maximum absolute atomic E-state index is 11.9. The van der Waals surface area contributed by atoms with E-state index in [1.807, 2.05) is 30.3 Å². The number of nitrogens with zero attached hydrogens (tertiary/aromatic N) is 1. The predicted octanol–water partition coefficient (Wildman–Crippen LogP) is 2.79. The average Bonchev–Trinajstić information content (AvgIpc) is 2.96. The van der Waals surface area contributed by atoms with Crippen LogP contribution in [0, 0.1) is 6.92 Å². The number of ether oxygens (including phenoxy) is 1. The highest BCUT2D eigenvalue weighted by atomic mass is 32.2. The Balaban J connectivity index is 1.69. The molecule has 2 rings (SSSR count). The summed E-state index contributed by atoms with van der Waals surface area (Å²) >= 11 is 1.21. The Hall–Kier alpha value is -2.28. The number of amides is 1. The molecule has 0 aliphatic heterocycles. The smallest absolute Gasteiger partial charge is 0.316 e. The fraction of sp³-hybridized carbons (Fsp3) is 0.312.